The largest absolute Gasteiger partial charge is 0.466 e. The van der Waals surface area contributed by atoms with Gasteiger partial charge in [0.05, 0.1) is 6.61 Å². The molecule has 0 rings (SSSR count). The van der Waals surface area contributed by atoms with Crippen molar-refractivity contribution in [3.63, 3.8) is 0 Å². The summed E-state index contributed by atoms with van der Waals surface area (Å²) in [4.78, 5) is 11.2. The van der Waals surface area contributed by atoms with Crippen molar-refractivity contribution in [2.45, 2.75) is 65.0 Å². The van der Waals surface area contributed by atoms with Gasteiger partial charge in [-0.3, -0.25) is 4.79 Å². The van der Waals surface area contributed by atoms with E-state index in [4.69, 9.17) is 0 Å². The molecule has 0 aromatic heterocycles. The van der Waals surface area contributed by atoms with Gasteiger partial charge in [0.1, 0.15) is 0 Å². The van der Waals surface area contributed by atoms with Gasteiger partial charge < -0.3 is 4.74 Å². The van der Waals surface area contributed by atoms with Crippen LogP contribution in [0.15, 0.2) is 0 Å². The monoisotopic (exact) mass is 268 g/mol. The molecule has 0 heterocycles. The number of rotatable bonds is 9. The van der Waals surface area contributed by atoms with E-state index in [1.807, 2.05) is 0 Å². The van der Waals surface area contributed by atoms with Crippen molar-refractivity contribution in [1.82, 2.24) is 0 Å². The molecule has 0 saturated heterocycles. The lowest BCUT2D eigenvalue weighted by molar-refractivity contribution is -0.198. The number of hydrogen-bond donors (Lipinski definition) is 0. The first-order valence-corrected chi connectivity index (χ1v) is 6.66. The van der Waals surface area contributed by atoms with Gasteiger partial charge in [-0.05, 0) is 13.3 Å². The van der Waals surface area contributed by atoms with Crippen LogP contribution in [0.1, 0.15) is 58.8 Å². The van der Waals surface area contributed by atoms with Gasteiger partial charge in [-0.25, -0.2) is 0 Å². The van der Waals surface area contributed by atoms with E-state index >= 15 is 0 Å². The minimum Gasteiger partial charge on any atom is -0.466 e. The summed E-state index contributed by atoms with van der Waals surface area (Å²) in [5.41, 5.74) is 0. The van der Waals surface area contributed by atoms with Gasteiger partial charge in [0, 0.05) is 0 Å². The fraction of sp³-hybridized carbons (Fsp3) is 0.923. The van der Waals surface area contributed by atoms with Crippen LogP contribution in [0.25, 0.3) is 0 Å². The van der Waals surface area contributed by atoms with E-state index in [9.17, 15) is 18.0 Å². The van der Waals surface area contributed by atoms with Gasteiger partial charge in [0.25, 0.3) is 0 Å². The Labute approximate surface area is 107 Å². The molecule has 0 fully saturated rings. The summed E-state index contributed by atoms with van der Waals surface area (Å²) in [5.74, 6) is -3.10. The molecule has 0 aliphatic rings. The first-order valence-electron chi connectivity index (χ1n) is 6.66. The molecule has 1 atom stereocenters. The van der Waals surface area contributed by atoms with Crippen LogP contribution >= 0.6 is 0 Å². The molecule has 18 heavy (non-hydrogen) atoms. The number of ether oxygens (including phenoxy) is 1. The van der Waals surface area contributed by atoms with E-state index < -0.39 is 18.1 Å². The van der Waals surface area contributed by atoms with Crippen LogP contribution < -0.4 is 0 Å². The van der Waals surface area contributed by atoms with E-state index in [1.54, 1.807) is 0 Å². The molecule has 0 saturated carbocycles. The van der Waals surface area contributed by atoms with Crippen LogP contribution in [0, 0.1) is 5.92 Å². The molecule has 0 radical (unpaired) electrons. The second-order valence-corrected chi connectivity index (χ2v) is 4.40. The standard InChI is InChI=1S/C13H23F3O2/c1-3-5-6-7-8-9-10-11(13(14,15)16)12(17)18-4-2/h11H,3-10H2,1-2H3. The highest BCUT2D eigenvalue weighted by Crippen LogP contribution is 2.31. The number of hydrogen-bond acceptors (Lipinski definition) is 2. The molecular formula is C13H23F3O2. The summed E-state index contributed by atoms with van der Waals surface area (Å²) < 4.78 is 42.3. The average Bonchev–Trinajstić information content (AvgIpc) is 2.26. The third-order valence-corrected chi connectivity index (χ3v) is 2.81. The lowest BCUT2D eigenvalue weighted by Gasteiger charge is -2.18. The summed E-state index contributed by atoms with van der Waals surface area (Å²) in [6.45, 7) is 3.58. The smallest absolute Gasteiger partial charge is 0.402 e. The van der Waals surface area contributed by atoms with Crippen molar-refractivity contribution in [3.05, 3.63) is 0 Å². The number of carbonyl (C=O) groups is 1. The molecule has 0 bridgehead atoms. The maximum absolute atomic E-state index is 12.6. The average molecular weight is 268 g/mol. The molecule has 0 spiro atoms. The Morgan fingerprint density at radius 3 is 2.11 bits per heavy atom. The number of carbonyl (C=O) groups excluding carboxylic acids is 1. The predicted octanol–water partition coefficient (Wildman–Crippen LogP) is 4.48. The van der Waals surface area contributed by atoms with Crippen molar-refractivity contribution >= 4 is 5.97 Å². The fourth-order valence-corrected chi connectivity index (χ4v) is 1.79. The summed E-state index contributed by atoms with van der Waals surface area (Å²) in [6.07, 6.45) is 0.714. The molecule has 1 unspecified atom stereocenters. The van der Waals surface area contributed by atoms with E-state index in [2.05, 4.69) is 11.7 Å². The van der Waals surface area contributed by atoms with Gasteiger partial charge in [-0.1, -0.05) is 45.4 Å². The highest BCUT2D eigenvalue weighted by atomic mass is 19.4. The SMILES string of the molecule is CCCCCCCCC(C(=O)OCC)C(F)(F)F. The van der Waals surface area contributed by atoms with Crippen molar-refractivity contribution in [2.24, 2.45) is 5.92 Å². The van der Waals surface area contributed by atoms with Crippen LogP contribution in [0.2, 0.25) is 0 Å². The number of esters is 1. The molecule has 0 aromatic rings. The molecule has 0 aliphatic heterocycles. The predicted molar refractivity (Wildman–Crippen MR) is 64.2 cm³/mol. The second kappa shape index (κ2) is 9.22. The Bertz CT molecular complexity index is 227. The Morgan fingerprint density at radius 2 is 1.61 bits per heavy atom. The van der Waals surface area contributed by atoms with E-state index in [-0.39, 0.29) is 13.0 Å². The van der Waals surface area contributed by atoms with Crippen molar-refractivity contribution in [3.8, 4) is 0 Å². The van der Waals surface area contributed by atoms with Crippen LogP contribution in [0.4, 0.5) is 13.2 Å². The maximum Gasteiger partial charge on any atom is 0.402 e. The molecule has 0 N–H and O–H groups in total. The number of unbranched alkanes of at least 4 members (excludes halogenated alkanes) is 5. The molecule has 0 amide bonds. The Balaban J connectivity index is 3.99. The summed E-state index contributed by atoms with van der Waals surface area (Å²) in [5, 5.41) is 0. The minimum absolute atomic E-state index is 0.0120. The quantitative estimate of drug-likeness (QED) is 0.455. The summed E-state index contributed by atoms with van der Waals surface area (Å²) >= 11 is 0. The zero-order valence-electron chi connectivity index (χ0n) is 11.2. The minimum atomic E-state index is -4.49. The molecule has 0 aliphatic carbocycles. The number of alkyl halides is 3. The van der Waals surface area contributed by atoms with Crippen LogP contribution in [-0.2, 0) is 9.53 Å². The lowest BCUT2D eigenvalue weighted by Crippen LogP contribution is -2.32. The zero-order valence-corrected chi connectivity index (χ0v) is 11.2. The van der Waals surface area contributed by atoms with E-state index in [0.29, 0.717) is 6.42 Å². The van der Waals surface area contributed by atoms with Gasteiger partial charge in [-0.15, -0.1) is 0 Å². The van der Waals surface area contributed by atoms with Crippen LogP contribution in [0.5, 0.6) is 0 Å². The van der Waals surface area contributed by atoms with Crippen molar-refractivity contribution in [2.75, 3.05) is 6.61 Å². The fourth-order valence-electron chi connectivity index (χ4n) is 1.79. The lowest BCUT2D eigenvalue weighted by atomic mass is 10.00. The first-order chi connectivity index (χ1) is 8.43. The molecule has 0 aromatic carbocycles. The Hall–Kier alpha value is -0.740. The molecular weight excluding hydrogens is 245 g/mol. The van der Waals surface area contributed by atoms with Crippen LogP contribution in [-0.4, -0.2) is 18.8 Å². The highest BCUT2D eigenvalue weighted by Gasteiger charge is 2.45. The topological polar surface area (TPSA) is 26.3 Å². The third kappa shape index (κ3) is 7.56. The Kier molecular flexibility index (Phi) is 8.85. The van der Waals surface area contributed by atoms with Crippen molar-refractivity contribution < 1.29 is 22.7 Å². The first kappa shape index (κ1) is 17.3. The normalized spacial score (nSPS) is 13.4. The van der Waals surface area contributed by atoms with Gasteiger partial charge in [0.2, 0.25) is 0 Å². The Morgan fingerprint density at radius 1 is 1.06 bits per heavy atom. The summed E-state index contributed by atoms with van der Waals surface area (Å²) in [6, 6.07) is 0. The van der Waals surface area contributed by atoms with Gasteiger partial charge in [0.15, 0.2) is 5.92 Å². The highest BCUT2D eigenvalue weighted by molar-refractivity contribution is 5.73. The van der Waals surface area contributed by atoms with Gasteiger partial charge in [-0.2, -0.15) is 13.2 Å². The summed E-state index contributed by atoms with van der Waals surface area (Å²) in [7, 11) is 0. The second-order valence-electron chi connectivity index (χ2n) is 4.40. The maximum atomic E-state index is 12.6. The zero-order chi connectivity index (χ0) is 14.0. The van der Waals surface area contributed by atoms with E-state index in [0.717, 1.165) is 32.1 Å². The van der Waals surface area contributed by atoms with E-state index in [1.165, 1.54) is 6.92 Å². The third-order valence-electron chi connectivity index (χ3n) is 2.81. The molecule has 5 heteroatoms. The van der Waals surface area contributed by atoms with Crippen molar-refractivity contribution in [1.29, 1.82) is 0 Å². The van der Waals surface area contributed by atoms with Gasteiger partial charge >= 0.3 is 12.1 Å². The van der Waals surface area contributed by atoms with Crippen LogP contribution in [0.3, 0.4) is 0 Å². The number of halogens is 3. The molecule has 108 valence electrons. The molecule has 2 nitrogen and oxygen atoms in total.